The van der Waals surface area contributed by atoms with Crippen LogP contribution in [0.4, 0.5) is 13.2 Å². The molecule has 0 aliphatic heterocycles. The number of imidazole rings is 1. The van der Waals surface area contributed by atoms with Crippen molar-refractivity contribution >= 4 is 16.9 Å². The summed E-state index contributed by atoms with van der Waals surface area (Å²) in [7, 11) is 0. The second-order valence-electron chi connectivity index (χ2n) is 6.41. The van der Waals surface area contributed by atoms with Crippen molar-refractivity contribution in [3.8, 4) is 0 Å². The SMILES string of the molecule is CC(C)[C@H](NC(=O)c1cccc(C(F)(F)F)c1)c1nc2ccccc2[nH]1. The maximum atomic E-state index is 12.9. The summed E-state index contributed by atoms with van der Waals surface area (Å²) in [5, 5.41) is 2.79. The molecule has 0 saturated heterocycles. The number of hydrogen-bond donors (Lipinski definition) is 2. The van der Waals surface area contributed by atoms with E-state index >= 15 is 0 Å². The molecule has 26 heavy (non-hydrogen) atoms. The van der Waals surface area contributed by atoms with Crippen LogP contribution in [0, 0.1) is 5.92 Å². The third kappa shape index (κ3) is 3.71. The molecule has 0 aliphatic carbocycles. The highest BCUT2D eigenvalue weighted by molar-refractivity contribution is 5.94. The zero-order valence-electron chi connectivity index (χ0n) is 14.3. The van der Waals surface area contributed by atoms with Crippen LogP contribution in [0.5, 0.6) is 0 Å². The normalized spacial score (nSPS) is 13.2. The number of nitrogens with zero attached hydrogens (tertiary/aromatic N) is 1. The van der Waals surface area contributed by atoms with Crippen molar-refractivity contribution in [1.82, 2.24) is 15.3 Å². The number of hydrogen-bond acceptors (Lipinski definition) is 2. The number of carbonyl (C=O) groups excluding carboxylic acids is 1. The van der Waals surface area contributed by atoms with E-state index < -0.39 is 23.7 Å². The molecule has 1 atom stereocenters. The quantitative estimate of drug-likeness (QED) is 0.707. The minimum atomic E-state index is -4.49. The molecular weight excluding hydrogens is 343 g/mol. The summed E-state index contributed by atoms with van der Waals surface area (Å²) in [5.41, 5.74) is 0.708. The lowest BCUT2D eigenvalue weighted by atomic mass is 10.0. The van der Waals surface area contributed by atoms with Crippen LogP contribution in [0.1, 0.15) is 41.6 Å². The molecule has 0 unspecified atom stereocenters. The predicted molar refractivity (Wildman–Crippen MR) is 92.6 cm³/mol. The lowest BCUT2D eigenvalue weighted by Gasteiger charge is -2.20. The lowest BCUT2D eigenvalue weighted by Crippen LogP contribution is -2.32. The fourth-order valence-corrected chi connectivity index (χ4v) is 2.73. The fourth-order valence-electron chi connectivity index (χ4n) is 2.73. The molecule has 2 N–H and O–H groups in total. The molecule has 0 fully saturated rings. The Hall–Kier alpha value is -2.83. The first kappa shape index (κ1) is 18.0. The van der Waals surface area contributed by atoms with Crippen LogP contribution in [0.2, 0.25) is 0 Å². The van der Waals surface area contributed by atoms with Crippen molar-refractivity contribution in [2.45, 2.75) is 26.1 Å². The Morgan fingerprint density at radius 3 is 2.50 bits per heavy atom. The minimum Gasteiger partial charge on any atom is -0.342 e. The Bertz CT molecular complexity index is 898. The van der Waals surface area contributed by atoms with Gasteiger partial charge in [0, 0.05) is 5.56 Å². The van der Waals surface area contributed by atoms with Crippen molar-refractivity contribution < 1.29 is 18.0 Å². The molecular formula is C19H18F3N3O. The van der Waals surface area contributed by atoms with Gasteiger partial charge in [-0.1, -0.05) is 32.0 Å². The van der Waals surface area contributed by atoms with Crippen LogP contribution in [0.3, 0.4) is 0 Å². The molecule has 1 aromatic heterocycles. The van der Waals surface area contributed by atoms with Crippen LogP contribution in [0.25, 0.3) is 11.0 Å². The van der Waals surface area contributed by atoms with Crippen LogP contribution < -0.4 is 5.32 Å². The highest BCUT2D eigenvalue weighted by Crippen LogP contribution is 2.30. The van der Waals surface area contributed by atoms with Crippen molar-refractivity contribution in [2.24, 2.45) is 5.92 Å². The third-order valence-corrected chi connectivity index (χ3v) is 4.11. The van der Waals surface area contributed by atoms with Gasteiger partial charge in [-0.3, -0.25) is 4.79 Å². The van der Waals surface area contributed by atoms with Gasteiger partial charge in [-0.15, -0.1) is 0 Å². The Morgan fingerprint density at radius 2 is 1.85 bits per heavy atom. The van der Waals surface area contributed by atoms with Crippen molar-refractivity contribution in [3.63, 3.8) is 0 Å². The number of amides is 1. The highest BCUT2D eigenvalue weighted by atomic mass is 19.4. The van der Waals surface area contributed by atoms with E-state index in [2.05, 4.69) is 15.3 Å². The molecule has 3 aromatic rings. The van der Waals surface area contributed by atoms with Crippen LogP contribution in [-0.2, 0) is 6.18 Å². The second kappa shape index (κ2) is 6.82. The first-order chi connectivity index (χ1) is 12.3. The van der Waals surface area contributed by atoms with Crippen molar-refractivity contribution in [3.05, 3.63) is 65.5 Å². The molecule has 1 heterocycles. The van der Waals surface area contributed by atoms with Gasteiger partial charge >= 0.3 is 6.18 Å². The van der Waals surface area contributed by atoms with Gasteiger partial charge in [-0.25, -0.2) is 4.98 Å². The average Bonchev–Trinajstić information content (AvgIpc) is 3.02. The number of alkyl halides is 3. The van der Waals surface area contributed by atoms with E-state index in [1.54, 1.807) is 0 Å². The van der Waals surface area contributed by atoms with Gasteiger partial charge < -0.3 is 10.3 Å². The molecule has 0 saturated carbocycles. The van der Waals surface area contributed by atoms with Crippen molar-refractivity contribution in [2.75, 3.05) is 0 Å². The molecule has 0 radical (unpaired) electrons. The van der Waals surface area contributed by atoms with E-state index in [0.29, 0.717) is 5.82 Å². The van der Waals surface area contributed by atoms with E-state index in [9.17, 15) is 18.0 Å². The van der Waals surface area contributed by atoms with Crippen molar-refractivity contribution in [1.29, 1.82) is 0 Å². The predicted octanol–water partition coefficient (Wildman–Crippen LogP) is 4.71. The summed E-state index contributed by atoms with van der Waals surface area (Å²) in [6, 6.07) is 11.4. The number of nitrogens with one attached hydrogen (secondary N) is 2. The summed E-state index contributed by atoms with van der Waals surface area (Å²) in [4.78, 5) is 20.2. The average molecular weight is 361 g/mol. The number of fused-ring (bicyclic) bond motifs is 1. The molecule has 0 spiro atoms. The van der Waals surface area contributed by atoms with Gasteiger partial charge in [0.15, 0.2) is 0 Å². The highest BCUT2D eigenvalue weighted by Gasteiger charge is 2.31. The zero-order chi connectivity index (χ0) is 18.9. The lowest BCUT2D eigenvalue weighted by molar-refractivity contribution is -0.137. The van der Waals surface area contributed by atoms with Gasteiger partial charge in [0.25, 0.3) is 5.91 Å². The Morgan fingerprint density at radius 1 is 1.12 bits per heavy atom. The third-order valence-electron chi connectivity index (χ3n) is 4.11. The maximum Gasteiger partial charge on any atom is 0.416 e. The number of H-pyrrole nitrogens is 1. The molecule has 3 rings (SSSR count). The fraction of sp³-hybridized carbons (Fsp3) is 0.263. The molecule has 4 nitrogen and oxygen atoms in total. The molecule has 136 valence electrons. The number of benzene rings is 2. The van der Waals surface area contributed by atoms with Gasteiger partial charge in [-0.2, -0.15) is 13.2 Å². The molecule has 7 heteroatoms. The second-order valence-corrected chi connectivity index (χ2v) is 6.41. The zero-order valence-corrected chi connectivity index (χ0v) is 14.3. The van der Waals surface area contributed by atoms with Crippen LogP contribution >= 0.6 is 0 Å². The number of halogens is 3. The Kier molecular flexibility index (Phi) is 4.71. The molecule has 1 amide bonds. The van der Waals surface area contributed by atoms with E-state index in [4.69, 9.17) is 0 Å². The largest absolute Gasteiger partial charge is 0.416 e. The molecule has 2 aromatic carbocycles. The summed E-state index contributed by atoms with van der Waals surface area (Å²) >= 11 is 0. The van der Waals surface area contributed by atoms with Gasteiger partial charge in [-0.05, 0) is 36.2 Å². The number of aromatic nitrogens is 2. The van der Waals surface area contributed by atoms with E-state index in [0.717, 1.165) is 23.2 Å². The van der Waals surface area contributed by atoms with E-state index in [1.807, 2.05) is 38.1 Å². The number of aromatic amines is 1. The smallest absolute Gasteiger partial charge is 0.342 e. The summed E-state index contributed by atoms with van der Waals surface area (Å²) < 4.78 is 38.6. The summed E-state index contributed by atoms with van der Waals surface area (Å²) in [6.45, 7) is 3.81. The maximum absolute atomic E-state index is 12.9. The Balaban J connectivity index is 1.87. The monoisotopic (exact) mass is 361 g/mol. The number of para-hydroxylation sites is 2. The summed E-state index contributed by atoms with van der Waals surface area (Å²) in [6.07, 6.45) is -4.49. The van der Waals surface area contributed by atoms with Gasteiger partial charge in [0.1, 0.15) is 5.82 Å². The first-order valence-electron chi connectivity index (χ1n) is 8.18. The van der Waals surface area contributed by atoms with Gasteiger partial charge in [0.05, 0.1) is 22.6 Å². The number of carbonyl (C=O) groups is 1. The molecule has 0 aliphatic rings. The van der Waals surface area contributed by atoms with E-state index in [-0.39, 0.29) is 11.5 Å². The Labute approximate surface area is 148 Å². The van der Waals surface area contributed by atoms with Crippen LogP contribution in [0.15, 0.2) is 48.5 Å². The minimum absolute atomic E-state index is 0.00897. The molecule has 0 bridgehead atoms. The topological polar surface area (TPSA) is 57.8 Å². The first-order valence-corrected chi connectivity index (χ1v) is 8.18. The van der Waals surface area contributed by atoms with E-state index in [1.165, 1.54) is 12.1 Å². The number of rotatable bonds is 4. The standard InChI is InChI=1S/C19H18F3N3O/c1-11(2)16(17-23-14-8-3-4-9-15(14)24-17)25-18(26)12-6-5-7-13(10-12)19(20,21)22/h3-11,16H,1-2H3,(H,23,24)(H,25,26)/t16-/m0/s1. The van der Waals surface area contributed by atoms with Crippen LogP contribution in [-0.4, -0.2) is 15.9 Å². The summed E-state index contributed by atoms with van der Waals surface area (Å²) in [5.74, 6) is -0.0120. The van der Waals surface area contributed by atoms with Gasteiger partial charge in [0.2, 0.25) is 0 Å².